The third-order valence-electron chi connectivity index (χ3n) is 4.22. The summed E-state index contributed by atoms with van der Waals surface area (Å²) in [6, 6.07) is 4.73. The van der Waals surface area contributed by atoms with Gasteiger partial charge in [0.15, 0.2) is 0 Å². The Hall–Kier alpha value is -2.11. The number of carbonyl (C=O) groups is 1. The largest absolute Gasteiger partial charge is 0.335 e. The number of hydrogen-bond donors (Lipinski definition) is 2. The monoisotopic (exact) mass is 289 g/mol. The molecule has 112 valence electrons. The Morgan fingerprint density at radius 3 is 2.43 bits per heavy atom. The molecule has 0 heterocycles. The molecule has 6 nitrogen and oxygen atoms in total. The minimum absolute atomic E-state index is 0.0220. The molecule has 1 aromatic rings. The Morgan fingerprint density at radius 1 is 1.29 bits per heavy atom. The molecule has 2 N–H and O–H groups in total. The summed E-state index contributed by atoms with van der Waals surface area (Å²) in [5, 5.41) is 16.6. The standard InChI is InChI=1S/C15H19N3O3/c1-9-2-7-12(8-13(9)18(20)21)16-15(19)17-14(10-3-4-10)11-5-6-11/h2,7-8,10-11,14H,3-6H2,1H3,(H2,16,17,19). The third kappa shape index (κ3) is 3.32. The topological polar surface area (TPSA) is 84.3 Å². The molecule has 0 spiro atoms. The second-order valence-electron chi connectivity index (χ2n) is 6.06. The van der Waals surface area contributed by atoms with Crippen molar-refractivity contribution in [2.24, 2.45) is 11.8 Å². The lowest BCUT2D eigenvalue weighted by Crippen LogP contribution is -2.40. The van der Waals surface area contributed by atoms with E-state index in [4.69, 9.17) is 0 Å². The number of amides is 2. The van der Waals surface area contributed by atoms with Crippen LogP contribution in [0.3, 0.4) is 0 Å². The van der Waals surface area contributed by atoms with E-state index < -0.39 is 4.92 Å². The lowest BCUT2D eigenvalue weighted by molar-refractivity contribution is -0.385. The van der Waals surface area contributed by atoms with Crippen molar-refractivity contribution in [3.63, 3.8) is 0 Å². The van der Waals surface area contributed by atoms with Crippen LogP contribution in [-0.4, -0.2) is 17.0 Å². The second kappa shape index (κ2) is 5.35. The Kier molecular flexibility index (Phi) is 3.53. The van der Waals surface area contributed by atoms with Gasteiger partial charge in [-0.25, -0.2) is 4.79 Å². The van der Waals surface area contributed by atoms with Crippen molar-refractivity contribution in [3.05, 3.63) is 33.9 Å². The Balaban J connectivity index is 1.64. The van der Waals surface area contributed by atoms with Gasteiger partial charge in [-0.3, -0.25) is 10.1 Å². The van der Waals surface area contributed by atoms with E-state index in [2.05, 4.69) is 10.6 Å². The Labute approximate surface area is 123 Å². The lowest BCUT2D eigenvalue weighted by atomic mass is 10.1. The summed E-state index contributed by atoms with van der Waals surface area (Å²) in [5.41, 5.74) is 1.06. The Bertz CT molecular complexity index is 568. The zero-order valence-electron chi connectivity index (χ0n) is 12.0. The summed E-state index contributed by atoms with van der Waals surface area (Å²) in [7, 11) is 0. The third-order valence-corrected chi connectivity index (χ3v) is 4.22. The number of nitrogens with one attached hydrogen (secondary N) is 2. The molecule has 0 radical (unpaired) electrons. The molecule has 2 aliphatic rings. The number of hydrogen-bond acceptors (Lipinski definition) is 3. The van der Waals surface area contributed by atoms with E-state index in [1.807, 2.05) is 0 Å². The summed E-state index contributed by atoms with van der Waals surface area (Å²) in [4.78, 5) is 22.5. The molecule has 2 saturated carbocycles. The molecule has 2 amide bonds. The van der Waals surface area contributed by atoms with Gasteiger partial charge in [0, 0.05) is 23.4 Å². The summed E-state index contributed by atoms with van der Waals surface area (Å²) >= 11 is 0. The predicted molar refractivity (Wildman–Crippen MR) is 79.2 cm³/mol. The van der Waals surface area contributed by atoms with Crippen LogP contribution in [0.1, 0.15) is 31.2 Å². The molecule has 0 atom stereocenters. The van der Waals surface area contributed by atoms with E-state index in [0.717, 1.165) is 0 Å². The molecule has 0 unspecified atom stereocenters. The highest BCUT2D eigenvalue weighted by Gasteiger charge is 2.42. The number of rotatable bonds is 5. The maximum atomic E-state index is 12.1. The van der Waals surface area contributed by atoms with E-state index in [-0.39, 0.29) is 17.8 Å². The molecule has 2 aliphatic carbocycles. The molecule has 2 fully saturated rings. The summed E-state index contributed by atoms with van der Waals surface area (Å²) < 4.78 is 0. The van der Waals surface area contributed by atoms with Gasteiger partial charge in [0.05, 0.1) is 4.92 Å². The zero-order chi connectivity index (χ0) is 15.0. The number of benzene rings is 1. The first-order valence-corrected chi connectivity index (χ1v) is 7.37. The maximum absolute atomic E-state index is 12.1. The van der Waals surface area contributed by atoms with E-state index >= 15 is 0 Å². The first kappa shape index (κ1) is 13.9. The van der Waals surface area contributed by atoms with Gasteiger partial charge in [0.25, 0.3) is 5.69 Å². The number of carbonyl (C=O) groups excluding carboxylic acids is 1. The van der Waals surface area contributed by atoms with Crippen molar-refractivity contribution in [2.45, 2.75) is 38.6 Å². The molecule has 0 saturated heterocycles. The van der Waals surface area contributed by atoms with Crippen LogP contribution >= 0.6 is 0 Å². The highest BCUT2D eigenvalue weighted by Crippen LogP contribution is 2.44. The molecule has 3 rings (SSSR count). The fourth-order valence-electron chi connectivity index (χ4n) is 2.73. The number of urea groups is 1. The minimum Gasteiger partial charge on any atom is -0.335 e. The number of aryl methyl sites for hydroxylation is 1. The normalized spacial score (nSPS) is 17.6. The van der Waals surface area contributed by atoms with Crippen molar-refractivity contribution in [3.8, 4) is 0 Å². The predicted octanol–water partition coefficient (Wildman–Crippen LogP) is 3.21. The van der Waals surface area contributed by atoms with E-state index in [9.17, 15) is 14.9 Å². The zero-order valence-corrected chi connectivity index (χ0v) is 12.0. The van der Waals surface area contributed by atoms with Crippen molar-refractivity contribution in [1.82, 2.24) is 5.32 Å². The van der Waals surface area contributed by atoms with Crippen molar-refractivity contribution in [2.75, 3.05) is 5.32 Å². The molecular formula is C15H19N3O3. The quantitative estimate of drug-likeness (QED) is 0.644. The molecule has 6 heteroatoms. The average Bonchev–Trinajstić information content (AvgIpc) is 3.30. The number of anilines is 1. The van der Waals surface area contributed by atoms with Gasteiger partial charge in [-0.05, 0) is 50.5 Å². The van der Waals surface area contributed by atoms with Crippen molar-refractivity contribution < 1.29 is 9.72 Å². The molecular weight excluding hydrogens is 270 g/mol. The van der Waals surface area contributed by atoms with Crippen LogP contribution < -0.4 is 10.6 Å². The highest BCUT2D eigenvalue weighted by molar-refractivity contribution is 5.90. The van der Waals surface area contributed by atoms with E-state index in [1.165, 1.54) is 31.7 Å². The fraction of sp³-hybridized carbons (Fsp3) is 0.533. The van der Waals surface area contributed by atoms with Crippen LogP contribution in [0.25, 0.3) is 0 Å². The molecule has 0 aromatic heterocycles. The van der Waals surface area contributed by atoms with Crippen LogP contribution in [0.2, 0.25) is 0 Å². The highest BCUT2D eigenvalue weighted by atomic mass is 16.6. The van der Waals surface area contributed by atoms with Crippen LogP contribution in [-0.2, 0) is 0 Å². The fourth-order valence-corrected chi connectivity index (χ4v) is 2.73. The first-order chi connectivity index (χ1) is 10.0. The van der Waals surface area contributed by atoms with Crippen LogP contribution in [0, 0.1) is 28.9 Å². The average molecular weight is 289 g/mol. The maximum Gasteiger partial charge on any atom is 0.319 e. The van der Waals surface area contributed by atoms with Crippen molar-refractivity contribution in [1.29, 1.82) is 0 Å². The van der Waals surface area contributed by atoms with Crippen LogP contribution in [0.5, 0.6) is 0 Å². The second-order valence-corrected chi connectivity index (χ2v) is 6.06. The van der Waals surface area contributed by atoms with E-state index in [1.54, 1.807) is 19.1 Å². The van der Waals surface area contributed by atoms with E-state index in [0.29, 0.717) is 23.1 Å². The van der Waals surface area contributed by atoms with Gasteiger partial charge in [-0.1, -0.05) is 6.07 Å². The number of nitro benzene ring substituents is 1. The van der Waals surface area contributed by atoms with Crippen molar-refractivity contribution >= 4 is 17.4 Å². The summed E-state index contributed by atoms with van der Waals surface area (Å²) in [6.45, 7) is 1.68. The van der Waals surface area contributed by atoms with Crippen LogP contribution in [0.15, 0.2) is 18.2 Å². The minimum atomic E-state index is -0.435. The van der Waals surface area contributed by atoms with Gasteiger partial charge >= 0.3 is 6.03 Å². The molecule has 1 aromatic carbocycles. The summed E-state index contributed by atoms with van der Waals surface area (Å²) in [6.07, 6.45) is 4.77. The molecule has 0 bridgehead atoms. The summed E-state index contributed by atoms with van der Waals surface area (Å²) in [5.74, 6) is 1.24. The number of nitro groups is 1. The molecule has 0 aliphatic heterocycles. The van der Waals surface area contributed by atoms with Gasteiger partial charge in [-0.15, -0.1) is 0 Å². The van der Waals surface area contributed by atoms with Crippen LogP contribution in [0.4, 0.5) is 16.2 Å². The first-order valence-electron chi connectivity index (χ1n) is 7.37. The SMILES string of the molecule is Cc1ccc(NC(=O)NC(C2CC2)C2CC2)cc1[N+](=O)[O-]. The lowest BCUT2D eigenvalue weighted by Gasteiger charge is -2.18. The van der Waals surface area contributed by atoms with Gasteiger partial charge in [0.2, 0.25) is 0 Å². The number of nitrogens with zero attached hydrogens (tertiary/aromatic N) is 1. The van der Waals surface area contributed by atoms with Gasteiger partial charge in [-0.2, -0.15) is 0 Å². The smallest absolute Gasteiger partial charge is 0.319 e. The van der Waals surface area contributed by atoms with Gasteiger partial charge in [0.1, 0.15) is 0 Å². The van der Waals surface area contributed by atoms with Gasteiger partial charge < -0.3 is 10.6 Å². The molecule has 21 heavy (non-hydrogen) atoms. The Morgan fingerprint density at radius 2 is 1.90 bits per heavy atom.